The minimum Gasteiger partial charge on any atom is -0.488 e. The Hall–Kier alpha value is -0.470. The van der Waals surface area contributed by atoms with Crippen molar-refractivity contribution < 1.29 is 4.74 Å². The number of halogens is 2. The number of rotatable bonds is 3. The zero-order valence-electron chi connectivity index (χ0n) is 6.39. The Morgan fingerprint density at radius 2 is 2.33 bits per heavy atom. The van der Waals surface area contributed by atoms with Gasteiger partial charge >= 0.3 is 0 Å². The first-order chi connectivity index (χ1) is 5.68. The molecule has 0 aromatic heterocycles. The monoisotopic (exact) mass is 246 g/mol. The zero-order chi connectivity index (χ0) is 8.97. The predicted molar refractivity (Wildman–Crippen MR) is 54.6 cm³/mol. The van der Waals surface area contributed by atoms with Crippen LogP contribution in [-0.4, -0.2) is 6.61 Å². The molecule has 0 aliphatic heterocycles. The number of hydrogen-bond donors (Lipinski definition) is 0. The third-order valence-electron chi connectivity index (χ3n) is 1.19. The lowest BCUT2D eigenvalue weighted by molar-refractivity contribution is 0.359. The summed E-state index contributed by atoms with van der Waals surface area (Å²) in [5.41, 5.74) is 0. The van der Waals surface area contributed by atoms with Gasteiger partial charge in [0.25, 0.3) is 0 Å². The molecule has 3 heteroatoms. The maximum Gasteiger partial charge on any atom is 0.123 e. The van der Waals surface area contributed by atoms with Crippen LogP contribution in [0, 0.1) is 0 Å². The summed E-state index contributed by atoms with van der Waals surface area (Å²) in [7, 11) is 0. The third kappa shape index (κ3) is 3.28. The summed E-state index contributed by atoms with van der Waals surface area (Å²) < 4.78 is 6.27. The standard InChI is InChI=1S/C9H8BrClO/c1-7(11)6-12-9-4-2-3-8(10)5-9/h2-5H,1,6H2. The number of ether oxygens (including phenoxy) is 1. The van der Waals surface area contributed by atoms with Crippen LogP contribution >= 0.6 is 27.5 Å². The molecule has 1 aromatic rings. The van der Waals surface area contributed by atoms with Gasteiger partial charge in [-0.25, -0.2) is 0 Å². The normalized spacial score (nSPS) is 9.50. The highest BCUT2D eigenvalue weighted by Gasteiger charge is 1.94. The van der Waals surface area contributed by atoms with Crippen molar-refractivity contribution in [2.24, 2.45) is 0 Å². The Labute approximate surface area is 85.1 Å². The smallest absolute Gasteiger partial charge is 0.123 e. The van der Waals surface area contributed by atoms with E-state index < -0.39 is 0 Å². The van der Waals surface area contributed by atoms with Crippen molar-refractivity contribution in [3.05, 3.63) is 40.3 Å². The fourth-order valence-electron chi connectivity index (χ4n) is 0.718. The predicted octanol–water partition coefficient (Wildman–Crippen LogP) is 3.58. The van der Waals surface area contributed by atoms with Crippen LogP contribution in [0.15, 0.2) is 40.3 Å². The summed E-state index contributed by atoms with van der Waals surface area (Å²) in [5.74, 6) is 0.783. The molecule has 0 atom stereocenters. The van der Waals surface area contributed by atoms with Crippen LogP contribution in [-0.2, 0) is 0 Å². The fourth-order valence-corrected chi connectivity index (χ4v) is 1.15. The van der Waals surface area contributed by atoms with Crippen LogP contribution in [0.5, 0.6) is 5.75 Å². The highest BCUT2D eigenvalue weighted by Crippen LogP contribution is 2.18. The van der Waals surface area contributed by atoms with Crippen molar-refractivity contribution in [2.45, 2.75) is 0 Å². The van der Waals surface area contributed by atoms with Crippen LogP contribution in [0.3, 0.4) is 0 Å². The van der Waals surface area contributed by atoms with E-state index in [0.29, 0.717) is 11.6 Å². The van der Waals surface area contributed by atoms with Crippen LogP contribution in [0.4, 0.5) is 0 Å². The molecular formula is C9H8BrClO. The molecule has 0 bridgehead atoms. The summed E-state index contributed by atoms with van der Waals surface area (Å²) in [4.78, 5) is 0. The SMILES string of the molecule is C=C(Cl)COc1cccc(Br)c1. The molecule has 0 fully saturated rings. The summed E-state index contributed by atoms with van der Waals surface area (Å²) in [6, 6.07) is 7.57. The molecule has 12 heavy (non-hydrogen) atoms. The van der Waals surface area contributed by atoms with Gasteiger partial charge in [0.05, 0.1) is 0 Å². The van der Waals surface area contributed by atoms with Gasteiger partial charge in [-0.3, -0.25) is 0 Å². The van der Waals surface area contributed by atoms with Gasteiger partial charge in [0.2, 0.25) is 0 Å². The Bertz CT molecular complexity index is 286. The highest BCUT2D eigenvalue weighted by molar-refractivity contribution is 9.10. The molecule has 1 nitrogen and oxygen atoms in total. The van der Waals surface area contributed by atoms with E-state index in [1.165, 1.54) is 0 Å². The van der Waals surface area contributed by atoms with Crippen molar-refractivity contribution in [3.8, 4) is 5.75 Å². The molecule has 0 N–H and O–H groups in total. The quantitative estimate of drug-likeness (QED) is 0.793. The van der Waals surface area contributed by atoms with Gasteiger partial charge in [0, 0.05) is 9.51 Å². The van der Waals surface area contributed by atoms with Crippen molar-refractivity contribution in [1.82, 2.24) is 0 Å². The minimum atomic E-state index is 0.345. The molecule has 0 unspecified atom stereocenters. The molecule has 0 aliphatic rings. The molecule has 0 heterocycles. The molecule has 1 aromatic carbocycles. The maximum absolute atomic E-state index is 5.54. The maximum atomic E-state index is 5.54. The average molecular weight is 248 g/mol. The average Bonchev–Trinajstić information content (AvgIpc) is 2.01. The van der Waals surface area contributed by atoms with Crippen LogP contribution in [0.2, 0.25) is 0 Å². The van der Waals surface area contributed by atoms with Crippen molar-refractivity contribution in [1.29, 1.82) is 0 Å². The molecule has 0 spiro atoms. The van der Waals surface area contributed by atoms with E-state index in [-0.39, 0.29) is 0 Å². The Kier molecular flexibility index (Phi) is 3.63. The second-order valence-corrected chi connectivity index (χ2v) is 3.71. The summed E-state index contributed by atoms with van der Waals surface area (Å²) >= 11 is 8.87. The molecule has 0 aliphatic carbocycles. The number of hydrogen-bond acceptors (Lipinski definition) is 1. The topological polar surface area (TPSA) is 9.23 Å². The Balaban J connectivity index is 2.57. The Morgan fingerprint density at radius 1 is 1.58 bits per heavy atom. The largest absolute Gasteiger partial charge is 0.488 e. The lowest BCUT2D eigenvalue weighted by Gasteiger charge is -2.03. The van der Waals surface area contributed by atoms with Gasteiger partial charge in [0.15, 0.2) is 0 Å². The van der Waals surface area contributed by atoms with E-state index in [1.807, 2.05) is 24.3 Å². The first-order valence-corrected chi connectivity index (χ1v) is 4.57. The summed E-state index contributed by atoms with van der Waals surface area (Å²) in [5, 5.41) is 0.495. The molecule has 1 rings (SSSR count). The third-order valence-corrected chi connectivity index (χ3v) is 1.79. The summed E-state index contributed by atoms with van der Waals surface area (Å²) in [6.07, 6.45) is 0. The van der Waals surface area contributed by atoms with Gasteiger partial charge in [0.1, 0.15) is 12.4 Å². The van der Waals surface area contributed by atoms with Gasteiger partial charge in [-0.2, -0.15) is 0 Å². The van der Waals surface area contributed by atoms with Crippen molar-refractivity contribution in [3.63, 3.8) is 0 Å². The first-order valence-electron chi connectivity index (χ1n) is 3.40. The van der Waals surface area contributed by atoms with Gasteiger partial charge in [-0.05, 0) is 18.2 Å². The van der Waals surface area contributed by atoms with Crippen LogP contribution < -0.4 is 4.74 Å². The summed E-state index contributed by atoms with van der Waals surface area (Å²) in [6.45, 7) is 3.87. The van der Waals surface area contributed by atoms with E-state index in [2.05, 4.69) is 22.5 Å². The van der Waals surface area contributed by atoms with Crippen LogP contribution in [0.1, 0.15) is 0 Å². The second kappa shape index (κ2) is 4.53. The lowest BCUT2D eigenvalue weighted by Crippen LogP contribution is -1.95. The van der Waals surface area contributed by atoms with E-state index in [9.17, 15) is 0 Å². The van der Waals surface area contributed by atoms with Crippen molar-refractivity contribution in [2.75, 3.05) is 6.61 Å². The number of benzene rings is 1. The fraction of sp³-hybridized carbons (Fsp3) is 0.111. The van der Waals surface area contributed by atoms with E-state index in [4.69, 9.17) is 16.3 Å². The van der Waals surface area contributed by atoms with Gasteiger partial charge < -0.3 is 4.74 Å². The van der Waals surface area contributed by atoms with E-state index >= 15 is 0 Å². The van der Waals surface area contributed by atoms with E-state index in [1.54, 1.807) is 0 Å². The first kappa shape index (κ1) is 9.62. The second-order valence-electron chi connectivity index (χ2n) is 2.26. The molecule has 0 saturated carbocycles. The minimum absolute atomic E-state index is 0.345. The molecule has 0 saturated heterocycles. The van der Waals surface area contributed by atoms with Crippen molar-refractivity contribution >= 4 is 27.5 Å². The van der Waals surface area contributed by atoms with E-state index in [0.717, 1.165) is 10.2 Å². The highest BCUT2D eigenvalue weighted by atomic mass is 79.9. The zero-order valence-corrected chi connectivity index (χ0v) is 8.73. The van der Waals surface area contributed by atoms with Gasteiger partial charge in [-0.15, -0.1) is 0 Å². The molecular weight excluding hydrogens is 239 g/mol. The Morgan fingerprint density at radius 3 is 2.92 bits per heavy atom. The molecule has 64 valence electrons. The van der Waals surface area contributed by atoms with Crippen LogP contribution in [0.25, 0.3) is 0 Å². The lowest BCUT2D eigenvalue weighted by atomic mass is 10.3. The van der Waals surface area contributed by atoms with Gasteiger partial charge in [-0.1, -0.05) is 40.2 Å². The molecule has 0 amide bonds. The molecule has 0 radical (unpaired) electrons.